The Morgan fingerprint density at radius 1 is 1.05 bits per heavy atom. The van der Waals surface area contributed by atoms with Crippen molar-refractivity contribution in [2.45, 2.75) is 26.5 Å². The highest BCUT2D eigenvalue weighted by Crippen LogP contribution is 2.27. The Hall–Kier alpha value is -1.93. The molecule has 3 aromatic rings. The third kappa shape index (κ3) is 2.77. The molecule has 0 aliphatic rings. The van der Waals surface area contributed by atoms with Crippen molar-refractivity contribution in [3.63, 3.8) is 0 Å². The fourth-order valence-electron chi connectivity index (χ4n) is 2.67. The van der Waals surface area contributed by atoms with Crippen LogP contribution in [-0.4, -0.2) is 4.57 Å². The van der Waals surface area contributed by atoms with Crippen molar-refractivity contribution in [1.29, 1.82) is 0 Å². The van der Waals surface area contributed by atoms with Gasteiger partial charge in [0, 0.05) is 11.6 Å². The number of fused-ring (bicyclic) bond motifs is 1. The van der Waals surface area contributed by atoms with Crippen LogP contribution in [-0.2, 0) is 6.61 Å². The zero-order valence-corrected chi connectivity index (χ0v) is 13.0. The van der Waals surface area contributed by atoms with Gasteiger partial charge in [0.25, 0.3) is 0 Å². The SMILES string of the molecule is CC(C)n1c(COc2ccccc2Cl)cc2ccccc21. The Morgan fingerprint density at radius 3 is 2.52 bits per heavy atom. The topological polar surface area (TPSA) is 14.2 Å². The summed E-state index contributed by atoms with van der Waals surface area (Å²) in [6.07, 6.45) is 0. The third-order valence-corrected chi connectivity index (χ3v) is 3.87. The van der Waals surface area contributed by atoms with Crippen LogP contribution in [0, 0.1) is 0 Å². The van der Waals surface area contributed by atoms with Gasteiger partial charge in [0.2, 0.25) is 0 Å². The molecule has 0 saturated heterocycles. The largest absolute Gasteiger partial charge is 0.486 e. The number of aromatic nitrogens is 1. The predicted octanol–water partition coefficient (Wildman–Crippen LogP) is 5.45. The van der Waals surface area contributed by atoms with E-state index in [0.29, 0.717) is 17.7 Å². The zero-order chi connectivity index (χ0) is 14.8. The zero-order valence-electron chi connectivity index (χ0n) is 12.2. The van der Waals surface area contributed by atoms with E-state index in [1.165, 1.54) is 10.9 Å². The van der Waals surface area contributed by atoms with Crippen molar-refractivity contribution >= 4 is 22.5 Å². The fourth-order valence-corrected chi connectivity index (χ4v) is 2.86. The van der Waals surface area contributed by atoms with E-state index >= 15 is 0 Å². The second kappa shape index (κ2) is 5.82. The first-order chi connectivity index (χ1) is 10.2. The van der Waals surface area contributed by atoms with Gasteiger partial charge in [-0.3, -0.25) is 0 Å². The molecular formula is C18H18ClNO. The summed E-state index contributed by atoms with van der Waals surface area (Å²) in [5.41, 5.74) is 2.40. The molecule has 0 radical (unpaired) electrons. The van der Waals surface area contributed by atoms with E-state index in [-0.39, 0.29) is 0 Å². The molecule has 2 nitrogen and oxygen atoms in total. The molecule has 21 heavy (non-hydrogen) atoms. The van der Waals surface area contributed by atoms with Gasteiger partial charge in [-0.1, -0.05) is 41.9 Å². The van der Waals surface area contributed by atoms with Crippen molar-refractivity contribution in [3.8, 4) is 5.75 Å². The van der Waals surface area contributed by atoms with Crippen LogP contribution < -0.4 is 4.74 Å². The number of nitrogens with zero attached hydrogens (tertiary/aromatic N) is 1. The number of benzene rings is 2. The van der Waals surface area contributed by atoms with Crippen LogP contribution in [0.2, 0.25) is 5.02 Å². The average Bonchev–Trinajstić information content (AvgIpc) is 2.85. The summed E-state index contributed by atoms with van der Waals surface area (Å²) in [5, 5.41) is 1.88. The second-order valence-electron chi connectivity index (χ2n) is 5.38. The highest BCUT2D eigenvalue weighted by Gasteiger charge is 2.12. The molecule has 3 rings (SSSR count). The van der Waals surface area contributed by atoms with Crippen LogP contribution in [0.1, 0.15) is 25.6 Å². The summed E-state index contributed by atoms with van der Waals surface area (Å²) in [6, 6.07) is 18.5. The van der Waals surface area contributed by atoms with Crippen LogP contribution in [0.4, 0.5) is 0 Å². The Bertz CT molecular complexity index is 761. The minimum Gasteiger partial charge on any atom is -0.486 e. The van der Waals surface area contributed by atoms with Gasteiger partial charge in [0.1, 0.15) is 12.4 Å². The van der Waals surface area contributed by atoms with Crippen molar-refractivity contribution < 1.29 is 4.74 Å². The first-order valence-electron chi connectivity index (χ1n) is 7.13. The molecule has 0 atom stereocenters. The van der Waals surface area contributed by atoms with Crippen molar-refractivity contribution in [2.75, 3.05) is 0 Å². The smallest absolute Gasteiger partial charge is 0.138 e. The minimum atomic E-state index is 0.384. The van der Waals surface area contributed by atoms with E-state index in [9.17, 15) is 0 Å². The maximum atomic E-state index is 6.14. The fraction of sp³-hybridized carbons (Fsp3) is 0.222. The molecule has 0 aliphatic carbocycles. The van der Waals surface area contributed by atoms with E-state index < -0.39 is 0 Å². The molecule has 3 heteroatoms. The summed E-state index contributed by atoms with van der Waals surface area (Å²) in [6.45, 7) is 4.88. The summed E-state index contributed by atoms with van der Waals surface area (Å²) >= 11 is 6.14. The molecule has 0 saturated carbocycles. The Labute approximate surface area is 129 Å². The summed E-state index contributed by atoms with van der Waals surface area (Å²) < 4.78 is 8.20. The normalized spacial score (nSPS) is 11.2. The summed E-state index contributed by atoms with van der Waals surface area (Å²) in [4.78, 5) is 0. The summed E-state index contributed by atoms with van der Waals surface area (Å²) in [7, 11) is 0. The average molecular weight is 300 g/mol. The lowest BCUT2D eigenvalue weighted by Gasteiger charge is -2.15. The lowest BCUT2D eigenvalue weighted by Crippen LogP contribution is -2.08. The van der Waals surface area contributed by atoms with E-state index in [2.05, 4.69) is 48.7 Å². The molecule has 0 bridgehead atoms. The van der Waals surface area contributed by atoms with Crippen LogP contribution in [0.15, 0.2) is 54.6 Å². The maximum Gasteiger partial charge on any atom is 0.138 e. The molecule has 0 unspecified atom stereocenters. The van der Waals surface area contributed by atoms with Gasteiger partial charge in [-0.15, -0.1) is 0 Å². The molecule has 0 spiro atoms. The molecule has 1 heterocycles. The first-order valence-corrected chi connectivity index (χ1v) is 7.51. The monoisotopic (exact) mass is 299 g/mol. The Morgan fingerprint density at radius 2 is 1.76 bits per heavy atom. The molecule has 1 aromatic heterocycles. The highest BCUT2D eigenvalue weighted by atomic mass is 35.5. The van der Waals surface area contributed by atoms with Gasteiger partial charge in [-0.25, -0.2) is 0 Å². The van der Waals surface area contributed by atoms with Gasteiger partial charge >= 0.3 is 0 Å². The van der Waals surface area contributed by atoms with Gasteiger partial charge in [-0.05, 0) is 43.5 Å². The lowest BCUT2D eigenvalue weighted by atomic mass is 10.2. The van der Waals surface area contributed by atoms with E-state index in [1.807, 2.05) is 24.3 Å². The van der Waals surface area contributed by atoms with Crippen molar-refractivity contribution in [2.24, 2.45) is 0 Å². The quantitative estimate of drug-likeness (QED) is 0.624. The molecule has 108 valence electrons. The van der Waals surface area contributed by atoms with Crippen LogP contribution in [0.3, 0.4) is 0 Å². The number of rotatable bonds is 4. The molecule has 0 amide bonds. The van der Waals surface area contributed by atoms with Gasteiger partial charge < -0.3 is 9.30 Å². The molecule has 2 aromatic carbocycles. The lowest BCUT2D eigenvalue weighted by molar-refractivity contribution is 0.293. The molecular weight excluding hydrogens is 282 g/mol. The Kier molecular flexibility index (Phi) is 3.89. The number of hydrogen-bond donors (Lipinski definition) is 0. The standard InChI is InChI=1S/C18H18ClNO/c1-13(2)20-15(11-14-7-3-5-9-17(14)20)12-21-18-10-6-4-8-16(18)19/h3-11,13H,12H2,1-2H3. The Balaban J connectivity index is 1.93. The highest BCUT2D eigenvalue weighted by molar-refractivity contribution is 6.32. The predicted molar refractivity (Wildman–Crippen MR) is 88.1 cm³/mol. The van der Waals surface area contributed by atoms with E-state index in [0.717, 1.165) is 11.4 Å². The number of para-hydroxylation sites is 2. The molecule has 0 N–H and O–H groups in total. The van der Waals surface area contributed by atoms with Crippen molar-refractivity contribution in [3.05, 3.63) is 65.3 Å². The maximum absolute atomic E-state index is 6.14. The first kappa shape index (κ1) is 14.0. The number of ether oxygens (including phenoxy) is 1. The summed E-state index contributed by atoms with van der Waals surface area (Å²) in [5.74, 6) is 0.722. The van der Waals surface area contributed by atoms with Gasteiger partial charge in [0.15, 0.2) is 0 Å². The van der Waals surface area contributed by atoms with Crippen molar-refractivity contribution in [1.82, 2.24) is 4.57 Å². The minimum absolute atomic E-state index is 0.384. The van der Waals surface area contributed by atoms with E-state index in [4.69, 9.17) is 16.3 Å². The number of halogens is 1. The van der Waals surface area contributed by atoms with E-state index in [1.54, 1.807) is 0 Å². The van der Waals surface area contributed by atoms with Gasteiger partial charge in [0.05, 0.1) is 10.7 Å². The second-order valence-corrected chi connectivity index (χ2v) is 5.78. The van der Waals surface area contributed by atoms with Crippen LogP contribution >= 0.6 is 11.6 Å². The van der Waals surface area contributed by atoms with Crippen LogP contribution in [0.5, 0.6) is 5.75 Å². The van der Waals surface area contributed by atoms with Crippen LogP contribution in [0.25, 0.3) is 10.9 Å². The third-order valence-electron chi connectivity index (χ3n) is 3.56. The van der Waals surface area contributed by atoms with Gasteiger partial charge in [-0.2, -0.15) is 0 Å². The molecule has 0 fully saturated rings. The molecule has 0 aliphatic heterocycles. The number of hydrogen-bond acceptors (Lipinski definition) is 1.